The number of carbonyl (C=O) groups is 1. The molecular formula is C10H18N2O3. The van der Waals surface area contributed by atoms with E-state index in [1.807, 2.05) is 0 Å². The molecule has 0 bridgehead atoms. The highest BCUT2D eigenvalue weighted by molar-refractivity contribution is 5.78. The van der Waals surface area contributed by atoms with Gasteiger partial charge in [-0.15, -0.1) is 0 Å². The number of morpholine rings is 1. The molecule has 5 nitrogen and oxygen atoms in total. The molecule has 0 aromatic rings. The Hall–Kier alpha value is -0.650. The van der Waals surface area contributed by atoms with Gasteiger partial charge in [-0.25, -0.2) is 0 Å². The Balaban J connectivity index is 1.95. The van der Waals surface area contributed by atoms with E-state index in [4.69, 9.17) is 15.2 Å². The molecule has 2 aliphatic heterocycles. The molecule has 0 spiro atoms. The van der Waals surface area contributed by atoms with Crippen molar-refractivity contribution >= 4 is 5.91 Å². The van der Waals surface area contributed by atoms with Gasteiger partial charge in [-0.3, -0.25) is 4.79 Å². The summed E-state index contributed by atoms with van der Waals surface area (Å²) in [5.74, 6) is 0.0200. The van der Waals surface area contributed by atoms with Gasteiger partial charge in [0.1, 0.15) is 12.8 Å². The summed E-state index contributed by atoms with van der Waals surface area (Å²) in [6.07, 6.45) is 3.07. The molecule has 15 heavy (non-hydrogen) atoms. The first-order valence-electron chi connectivity index (χ1n) is 5.54. The largest absolute Gasteiger partial charge is 0.365 e. The summed E-state index contributed by atoms with van der Waals surface area (Å²) in [6, 6.07) is 0. The van der Waals surface area contributed by atoms with E-state index in [2.05, 4.69) is 0 Å². The lowest BCUT2D eigenvalue weighted by Gasteiger charge is -2.39. The van der Waals surface area contributed by atoms with Crippen molar-refractivity contribution in [3.8, 4) is 0 Å². The fourth-order valence-electron chi connectivity index (χ4n) is 2.04. The molecule has 2 rings (SSSR count). The minimum atomic E-state index is -0.0517. The molecule has 2 N–H and O–H groups in total. The van der Waals surface area contributed by atoms with Gasteiger partial charge < -0.3 is 20.1 Å². The molecule has 0 aromatic heterocycles. The second-order valence-electron chi connectivity index (χ2n) is 4.04. The van der Waals surface area contributed by atoms with Gasteiger partial charge in [0, 0.05) is 13.2 Å². The highest BCUT2D eigenvalue weighted by atomic mass is 16.5. The summed E-state index contributed by atoms with van der Waals surface area (Å²) in [5, 5.41) is 0. The van der Waals surface area contributed by atoms with Crippen LogP contribution in [0, 0.1) is 0 Å². The number of nitrogens with zero attached hydrogens (tertiary/aromatic N) is 1. The lowest BCUT2D eigenvalue weighted by molar-refractivity contribution is -0.172. The number of hydrogen-bond acceptors (Lipinski definition) is 4. The zero-order chi connectivity index (χ0) is 10.7. The van der Waals surface area contributed by atoms with Gasteiger partial charge in [0.2, 0.25) is 0 Å². The van der Waals surface area contributed by atoms with Crippen LogP contribution in [0.1, 0.15) is 19.3 Å². The van der Waals surface area contributed by atoms with E-state index >= 15 is 0 Å². The highest BCUT2D eigenvalue weighted by Crippen LogP contribution is 2.19. The molecule has 2 fully saturated rings. The van der Waals surface area contributed by atoms with E-state index in [0.717, 1.165) is 25.9 Å². The van der Waals surface area contributed by atoms with E-state index < -0.39 is 0 Å². The van der Waals surface area contributed by atoms with Crippen LogP contribution in [0.3, 0.4) is 0 Å². The number of rotatable bonds is 2. The van der Waals surface area contributed by atoms with Gasteiger partial charge in [0.05, 0.1) is 12.6 Å². The molecule has 2 aliphatic rings. The standard InChI is InChI=1S/C10H18N2O3/c11-5-8-6-12(9(13)7-15-8)10-3-1-2-4-14-10/h8,10H,1-7,11H2. The minimum Gasteiger partial charge on any atom is -0.365 e. The molecule has 1 amide bonds. The number of ether oxygens (including phenoxy) is 2. The quantitative estimate of drug-likeness (QED) is 0.685. The maximum absolute atomic E-state index is 11.6. The molecule has 0 aliphatic carbocycles. The fourth-order valence-corrected chi connectivity index (χ4v) is 2.04. The minimum absolute atomic E-state index is 0.0200. The van der Waals surface area contributed by atoms with Gasteiger partial charge >= 0.3 is 0 Å². The summed E-state index contributed by atoms with van der Waals surface area (Å²) < 4.78 is 10.9. The van der Waals surface area contributed by atoms with Gasteiger partial charge in [-0.1, -0.05) is 0 Å². The normalized spacial score (nSPS) is 33.1. The van der Waals surface area contributed by atoms with Crippen LogP contribution in [-0.2, 0) is 14.3 Å². The van der Waals surface area contributed by atoms with Gasteiger partial charge in [0.25, 0.3) is 5.91 Å². The van der Waals surface area contributed by atoms with Crippen LogP contribution in [0.2, 0.25) is 0 Å². The molecular weight excluding hydrogens is 196 g/mol. The third-order valence-electron chi connectivity index (χ3n) is 2.93. The maximum Gasteiger partial charge on any atom is 0.250 e. The Morgan fingerprint density at radius 1 is 1.40 bits per heavy atom. The molecule has 2 atom stereocenters. The Labute approximate surface area is 89.5 Å². The molecule has 2 heterocycles. The zero-order valence-electron chi connectivity index (χ0n) is 8.85. The summed E-state index contributed by atoms with van der Waals surface area (Å²) in [7, 11) is 0. The van der Waals surface area contributed by atoms with E-state index in [0.29, 0.717) is 13.1 Å². The van der Waals surface area contributed by atoms with Crippen molar-refractivity contribution in [1.29, 1.82) is 0 Å². The third-order valence-corrected chi connectivity index (χ3v) is 2.93. The Morgan fingerprint density at radius 2 is 2.27 bits per heavy atom. The number of nitrogens with two attached hydrogens (primary N) is 1. The van der Waals surface area contributed by atoms with Crippen molar-refractivity contribution < 1.29 is 14.3 Å². The predicted molar refractivity (Wildman–Crippen MR) is 54.1 cm³/mol. The summed E-state index contributed by atoms with van der Waals surface area (Å²) in [5.41, 5.74) is 5.54. The molecule has 0 saturated carbocycles. The lowest BCUT2D eigenvalue weighted by Crippen LogP contribution is -2.54. The SMILES string of the molecule is NCC1CN(C2CCCCO2)C(=O)CO1. The average molecular weight is 214 g/mol. The van der Waals surface area contributed by atoms with E-state index in [1.165, 1.54) is 0 Å². The van der Waals surface area contributed by atoms with Crippen LogP contribution in [0.4, 0.5) is 0 Å². The van der Waals surface area contributed by atoms with Crippen LogP contribution >= 0.6 is 0 Å². The van der Waals surface area contributed by atoms with Crippen molar-refractivity contribution in [3.63, 3.8) is 0 Å². The topological polar surface area (TPSA) is 64.8 Å². The monoisotopic (exact) mass is 214 g/mol. The summed E-state index contributed by atoms with van der Waals surface area (Å²) in [4.78, 5) is 13.4. The van der Waals surface area contributed by atoms with Crippen LogP contribution in [-0.4, -0.2) is 49.4 Å². The number of amides is 1. The molecule has 2 unspecified atom stereocenters. The zero-order valence-corrected chi connectivity index (χ0v) is 8.85. The summed E-state index contributed by atoms with van der Waals surface area (Å²) >= 11 is 0. The average Bonchev–Trinajstić information content (AvgIpc) is 2.31. The van der Waals surface area contributed by atoms with Gasteiger partial charge in [-0.05, 0) is 19.3 Å². The molecule has 86 valence electrons. The van der Waals surface area contributed by atoms with Crippen molar-refractivity contribution in [2.45, 2.75) is 31.6 Å². The highest BCUT2D eigenvalue weighted by Gasteiger charge is 2.32. The van der Waals surface area contributed by atoms with E-state index in [1.54, 1.807) is 4.90 Å². The lowest BCUT2D eigenvalue weighted by atomic mass is 10.1. The molecule has 0 radical (unpaired) electrons. The Morgan fingerprint density at radius 3 is 2.93 bits per heavy atom. The van der Waals surface area contributed by atoms with Crippen molar-refractivity contribution in [2.24, 2.45) is 5.73 Å². The molecule has 5 heteroatoms. The van der Waals surface area contributed by atoms with Crippen LogP contribution < -0.4 is 5.73 Å². The van der Waals surface area contributed by atoms with Crippen molar-refractivity contribution in [1.82, 2.24) is 4.90 Å². The first-order valence-corrected chi connectivity index (χ1v) is 5.54. The second kappa shape index (κ2) is 4.92. The Bertz CT molecular complexity index is 229. The maximum atomic E-state index is 11.6. The van der Waals surface area contributed by atoms with E-state index in [9.17, 15) is 4.79 Å². The molecule has 0 aromatic carbocycles. The van der Waals surface area contributed by atoms with Crippen molar-refractivity contribution in [3.05, 3.63) is 0 Å². The first kappa shape index (κ1) is 10.9. The van der Waals surface area contributed by atoms with Gasteiger partial charge in [-0.2, -0.15) is 0 Å². The summed E-state index contributed by atoms with van der Waals surface area (Å²) in [6.45, 7) is 1.92. The number of hydrogen-bond donors (Lipinski definition) is 1. The van der Waals surface area contributed by atoms with Gasteiger partial charge in [0.15, 0.2) is 0 Å². The second-order valence-corrected chi connectivity index (χ2v) is 4.04. The van der Waals surface area contributed by atoms with Crippen LogP contribution in [0.5, 0.6) is 0 Å². The van der Waals surface area contributed by atoms with E-state index in [-0.39, 0.29) is 24.8 Å². The first-order chi connectivity index (χ1) is 7.31. The smallest absolute Gasteiger partial charge is 0.250 e. The fraction of sp³-hybridized carbons (Fsp3) is 0.900. The van der Waals surface area contributed by atoms with Crippen molar-refractivity contribution in [2.75, 3.05) is 26.3 Å². The van der Waals surface area contributed by atoms with Crippen LogP contribution in [0.25, 0.3) is 0 Å². The number of carbonyl (C=O) groups excluding carboxylic acids is 1. The predicted octanol–water partition coefficient (Wildman–Crippen LogP) is -0.301. The Kier molecular flexibility index (Phi) is 3.56. The molecule has 2 saturated heterocycles. The third kappa shape index (κ3) is 2.48. The van der Waals surface area contributed by atoms with Crippen LogP contribution in [0.15, 0.2) is 0 Å².